The van der Waals surface area contributed by atoms with Crippen molar-refractivity contribution in [2.45, 2.75) is 90.5 Å². The second-order valence-electron chi connectivity index (χ2n) is 15.7. The minimum Gasteiger partial charge on any atom is -0.444 e. The lowest BCUT2D eigenvalue weighted by atomic mass is 9.64. The van der Waals surface area contributed by atoms with Crippen LogP contribution in [0, 0.1) is 11.8 Å². The number of benzene rings is 2. The van der Waals surface area contributed by atoms with Gasteiger partial charge in [0, 0.05) is 30.4 Å². The fraction of sp³-hybridized carbons (Fsp3) is 0.444. The predicted molar refractivity (Wildman–Crippen MR) is 209 cm³/mol. The summed E-state index contributed by atoms with van der Waals surface area (Å²) in [6, 6.07) is 5.73. The number of carbonyl (C=O) groups is 2. The zero-order chi connectivity index (χ0) is 36.1. The molecule has 0 aliphatic carbocycles. The molecule has 0 unspecified atom stereocenters. The van der Waals surface area contributed by atoms with Gasteiger partial charge in [0.25, 0.3) is 0 Å². The Morgan fingerprint density at radius 3 is 1.92 bits per heavy atom. The van der Waals surface area contributed by atoms with Crippen LogP contribution in [0.3, 0.4) is 0 Å². The fourth-order valence-corrected chi connectivity index (χ4v) is 7.10. The van der Waals surface area contributed by atoms with Gasteiger partial charge in [0.1, 0.15) is 54.2 Å². The number of nitrogens with zero attached hydrogens (tertiary/aromatic N) is 4. The number of carbonyl (C=O) groups excluding carboxylic acids is 2. The summed E-state index contributed by atoms with van der Waals surface area (Å²) >= 11 is 0. The SMILES string of the molecule is Bc1c(B)c(-c2c[nH]c([C@@H]3CCCN3C(=O)OC(C)(C)C)n2)c(B)c(B)c1C#Cc1ccc2[nH]c([C@@H]3CCCN3C(=O)OC(C)(C)C)nc2c1. The van der Waals surface area contributed by atoms with Gasteiger partial charge in [0.2, 0.25) is 0 Å². The Bertz CT molecular complexity index is 2000. The molecule has 4 heterocycles. The zero-order valence-electron chi connectivity index (χ0n) is 31.1. The third-order valence-corrected chi connectivity index (χ3v) is 9.70. The van der Waals surface area contributed by atoms with Gasteiger partial charge in [0.15, 0.2) is 0 Å². The van der Waals surface area contributed by atoms with Gasteiger partial charge in [-0.15, -0.1) is 0 Å². The van der Waals surface area contributed by atoms with E-state index in [-0.39, 0.29) is 24.3 Å². The third kappa shape index (κ3) is 7.19. The minimum absolute atomic E-state index is 0.142. The summed E-state index contributed by atoms with van der Waals surface area (Å²) in [6.07, 6.45) is 4.84. The van der Waals surface area contributed by atoms with Crippen LogP contribution in [0.15, 0.2) is 24.4 Å². The van der Waals surface area contributed by atoms with Crippen LogP contribution < -0.4 is 21.9 Å². The van der Waals surface area contributed by atoms with Crippen LogP contribution >= 0.6 is 0 Å². The first-order valence-corrected chi connectivity index (χ1v) is 17.7. The molecule has 10 nitrogen and oxygen atoms in total. The molecule has 14 heteroatoms. The Labute approximate surface area is 298 Å². The molecule has 2 atom stereocenters. The van der Waals surface area contributed by atoms with Crippen molar-refractivity contribution in [3.05, 3.63) is 47.2 Å². The van der Waals surface area contributed by atoms with Crippen molar-refractivity contribution in [2.24, 2.45) is 0 Å². The molecule has 0 spiro atoms. The molecule has 2 aromatic carbocycles. The van der Waals surface area contributed by atoms with E-state index in [0.717, 1.165) is 92.6 Å². The molecule has 6 rings (SSSR count). The molecule has 2 N–H and O–H groups in total. The quantitative estimate of drug-likeness (QED) is 0.243. The molecule has 4 aromatic rings. The summed E-state index contributed by atoms with van der Waals surface area (Å²) in [4.78, 5) is 46.1. The van der Waals surface area contributed by atoms with E-state index >= 15 is 0 Å². The summed E-state index contributed by atoms with van der Waals surface area (Å²) in [7, 11) is 8.48. The molecule has 0 radical (unpaired) electrons. The normalized spacial score (nSPS) is 18.0. The van der Waals surface area contributed by atoms with Gasteiger partial charge in [-0.25, -0.2) is 19.6 Å². The number of nitrogens with one attached hydrogen (secondary N) is 2. The standard InChI is InChI=1S/C36H46B4N6O4/c1-35(2,3)49-33(47)45-15-7-9-24(45)31-41-18-23(44-31)26-29(39)27(37)20(28(38)30(26)40)13-11-19-12-14-21-22(17-19)43-32(42-21)25-10-8-16-46(25)34(48)50-36(4,5)6/h12,14,17-18,24-25H,7-10,15-16,37-40H2,1-6H3,(H,41,44)(H,42,43)/t24-,25-/m0/s1. The number of aromatic amines is 2. The molecular formula is C36H46B4N6O4. The number of hydrogen-bond donors (Lipinski definition) is 2. The highest BCUT2D eigenvalue weighted by atomic mass is 16.6. The van der Waals surface area contributed by atoms with Crippen LogP contribution in [0.5, 0.6) is 0 Å². The summed E-state index contributed by atoms with van der Waals surface area (Å²) < 4.78 is 11.3. The molecule has 2 aliphatic heterocycles. The van der Waals surface area contributed by atoms with Crippen molar-refractivity contribution in [3.63, 3.8) is 0 Å². The molecule has 0 bridgehead atoms. The van der Waals surface area contributed by atoms with Crippen LogP contribution in [0.25, 0.3) is 22.3 Å². The number of imidazole rings is 2. The van der Waals surface area contributed by atoms with E-state index in [1.54, 1.807) is 9.80 Å². The Hall–Kier alpha value is -4.52. The van der Waals surface area contributed by atoms with Crippen LogP contribution in [0.1, 0.15) is 102 Å². The fourth-order valence-electron chi connectivity index (χ4n) is 7.10. The number of hydrogen-bond acceptors (Lipinski definition) is 6. The molecular weight excluding hydrogens is 624 g/mol. The molecule has 0 saturated carbocycles. The molecule has 2 aliphatic rings. The van der Waals surface area contributed by atoms with Crippen molar-refractivity contribution in [1.82, 2.24) is 29.7 Å². The van der Waals surface area contributed by atoms with Gasteiger partial charge in [0.05, 0.1) is 28.8 Å². The molecule has 256 valence electrons. The molecule has 2 saturated heterocycles. The minimum atomic E-state index is -0.552. The topological polar surface area (TPSA) is 116 Å². The van der Waals surface area contributed by atoms with Gasteiger partial charge < -0.3 is 19.4 Å². The van der Waals surface area contributed by atoms with Gasteiger partial charge >= 0.3 is 12.2 Å². The maximum absolute atomic E-state index is 12.9. The number of aromatic nitrogens is 4. The van der Waals surface area contributed by atoms with Gasteiger partial charge in [-0.05, 0) is 91.0 Å². The molecule has 2 amide bonds. The number of H-pyrrole nitrogens is 2. The van der Waals surface area contributed by atoms with E-state index in [1.807, 2.05) is 65.9 Å². The van der Waals surface area contributed by atoms with E-state index in [2.05, 4.69) is 53.2 Å². The maximum atomic E-state index is 12.9. The van der Waals surface area contributed by atoms with Crippen LogP contribution in [-0.2, 0) is 9.47 Å². The zero-order valence-corrected chi connectivity index (χ0v) is 31.1. The van der Waals surface area contributed by atoms with Crippen molar-refractivity contribution < 1.29 is 19.1 Å². The average Bonchev–Trinajstić information content (AvgIpc) is 3.84. The van der Waals surface area contributed by atoms with Crippen LogP contribution in [0.2, 0.25) is 0 Å². The Balaban J connectivity index is 1.24. The van der Waals surface area contributed by atoms with Crippen LogP contribution in [-0.4, -0.2) is 97.6 Å². The van der Waals surface area contributed by atoms with Gasteiger partial charge in [-0.1, -0.05) is 33.7 Å². The Morgan fingerprint density at radius 1 is 0.800 bits per heavy atom. The van der Waals surface area contributed by atoms with E-state index in [0.29, 0.717) is 13.1 Å². The predicted octanol–water partition coefficient (Wildman–Crippen LogP) is 0.530. The van der Waals surface area contributed by atoms with Crippen LogP contribution in [0.4, 0.5) is 9.59 Å². The van der Waals surface area contributed by atoms with Crippen molar-refractivity contribution >= 4 is 76.5 Å². The van der Waals surface area contributed by atoms with Crippen molar-refractivity contribution in [3.8, 4) is 23.1 Å². The Morgan fingerprint density at radius 2 is 1.36 bits per heavy atom. The summed E-state index contributed by atoms with van der Waals surface area (Å²) in [5.74, 6) is 8.42. The molecule has 2 aromatic heterocycles. The van der Waals surface area contributed by atoms with Gasteiger partial charge in [-0.3, -0.25) is 9.80 Å². The van der Waals surface area contributed by atoms with E-state index in [1.165, 1.54) is 0 Å². The average molecular weight is 670 g/mol. The van der Waals surface area contributed by atoms with Crippen molar-refractivity contribution in [2.75, 3.05) is 13.1 Å². The second-order valence-corrected chi connectivity index (χ2v) is 15.7. The Kier molecular flexibility index (Phi) is 9.40. The maximum Gasteiger partial charge on any atom is 0.410 e. The van der Waals surface area contributed by atoms with Crippen molar-refractivity contribution in [1.29, 1.82) is 0 Å². The first kappa shape index (κ1) is 35.3. The lowest BCUT2D eigenvalue weighted by Gasteiger charge is -2.27. The number of likely N-dealkylation sites (tertiary alicyclic amines) is 2. The summed E-state index contributed by atoms with van der Waals surface area (Å²) in [6.45, 7) is 12.6. The van der Waals surface area contributed by atoms with E-state index in [4.69, 9.17) is 19.4 Å². The largest absolute Gasteiger partial charge is 0.444 e. The number of fused-ring (bicyclic) bond motifs is 1. The summed E-state index contributed by atoms with van der Waals surface area (Å²) in [5.41, 5.74) is 8.95. The number of ether oxygens (including phenoxy) is 2. The number of amides is 2. The smallest absolute Gasteiger partial charge is 0.410 e. The monoisotopic (exact) mass is 670 g/mol. The lowest BCUT2D eigenvalue weighted by molar-refractivity contribution is 0.0208. The molecule has 2 fully saturated rings. The summed E-state index contributed by atoms with van der Waals surface area (Å²) in [5, 5.41) is 0. The highest BCUT2D eigenvalue weighted by Crippen LogP contribution is 2.34. The van der Waals surface area contributed by atoms with E-state index in [9.17, 15) is 9.59 Å². The third-order valence-electron chi connectivity index (χ3n) is 9.70. The molecule has 50 heavy (non-hydrogen) atoms. The number of rotatable bonds is 3. The van der Waals surface area contributed by atoms with Gasteiger partial charge in [-0.2, -0.15) is 0 Å². The first-order chi connectivity index (χ1) is 23.5. The second kappa shape index (κ2) is 13.3. The van der Waals surface area contributed by atoms with E-state index < -0.39 is 11.2 Å². The highest BCUT2D eigenvalue weighted by Gasteiger charge is 2.36. The highest BCUT2D eigenvalue weighted by molar-refractivity contribution is 6.60. The first-order valence-electron chi connectivity index (χ1n) is 17.7. The lowest BCUT2D eigenvalue weighted by Crippen LogP contribution is -2.45.